The Bertz CT molecular complexity index is 399. The van der Waals surface area contributed by atoms with Crippen LogP contribution in [0.25, 0.3) is 0 Å². The van der Waals surface area contributed by atoms with Crippen LogP contribution in [0.15, 0.2) is 17.5 Å². The lowest BCUT2D eigenvalue weighted by Gasteiger charge is -2.36. The summed E-state index contributed by atoms with van der Waals surface area (Å²) >= 11 is 3.26. The van der Waals surface area contributed by atoms with Crippen molar-refractivity contribution in [2.24, 2.45) is 5.92 Å². The van der Waals surface area contributed by atoms with Crippen LogP contribution in [0, 0.1) is 5.92 Å². The second-order valence-corrected chi connectivity index (χ2v) is 5.92. The van der Waals surface area contributed by atoms with E-state index in [4.69, 9.17) is 5.11 Å². The highest BCUT2D eigenvalue weighted by atomic mass is 32.2. The number of amides is 1. The molecule has 0 aromatic carbocycles. The minimum absolute atomic E-state index is 0.0454. The molecule has 1 aromatic rings. The molecule has 1 fully saturated rings. The number of hydrogen-bond acceptors (Lipinski definition) is 4. The van der Waals surface area contributed by atoms with Crippen molar-refractivity contribution in [3.8, 4) is 0 Å². The lowest BCUT2D eigenvalue weighted by atomic mass is 10.0. The number of carbonyl (C=O) groups excluding carboxylic acids is 1. The number of carboxylic acid groups (broad SMARTS) is 1. The second-order valence-electron chi connectivity index (χ2n) is 3.91. The van der Waals surface area contributed by atoms with Gasteiger partial charge in [0, 0.05) is 23.7 Å². The number of carboxylic acids is 1. The number of thiophene rings is 1. The molecule has 0 saturated carbocycles. The molecule has 2 rings (SSSR count). The standard InChI is InChI=1S/C11H13NO3S2/c13-10(12-4-8(5-12)11(14)15)7-16-6-9-2-1-3-17-9/h1-3,8H,4-7H2,(H,14,15). The molecule has 0 atom stereocenters. The van der Waals surface area contributed by atoms with Crippen LogP contribution in [0.2, 0.25) is 0 Å². The molecule has 0 radical (unpaired) electrons. The fraction of sp³-hybridized carbons (Fsp3) is 0.455. The van der Waals surface area contributed by atoms with Gasteiger partial charge in [-0.15, -0.1) is 23.1 Å². The molecule has 1 N–H and O–H groups in total. The summed E-state index contributed by atoms with van der Waals surface area (Å²) in [6.07, 6.45) is 0. The smallest absolute Gasteiger partial charge is 0.310 e. The van der Waals surface area contributed by atoms with Gasteiger partial charge in [0.15, 0.2) is 0 Å². The van der Waals surface area contributed by atoms with Crippen LogP contribution in [0.5, 0.6) is 0 Å². The molecule has 0 aliphatic carbocycles. The number of likely N-dealkylation sites (tertiary alicyclic amines) is 1. The molecular formula is C11H13NO3S2. The van der Waals surface area contributed by atoms with Crippen molar-refractivity contribution in [3.05, 3.63) is 22.4 Å². The van der Waals surface area contributed by atoms with Crippen molar-refractivity contribution in [2.45, 2.75) is 5.75 Å². The lowest BCUT2D eigenvalue weighted by Crippen LogP contribution is -2.53. The Balaban J connectivity index is 1.64. The van der Waals surface area contributed by atoms with Crippen LogP contribution < -0.4 is 0 Å². The summed E-state index contributed by atoms with van der Waals surface area (Å²) in [6.45, 7) is 0.738. The number of hydrogen-bond donors (Lipinski definition) is 1. The fourth-order valence-electron chi connectivity index (χ4n) is 1.56. The molecule has 6 heteroatoms. The van der Waals surface area contributed by atoms with E-state index in [0.717, 1.165) is 5.75 Å². The first-order valence-electron chi connectivity index (χ1n) is 5.27. The van der Waals surface area contributed by atoms with Crippen LogP contribution in [-0.2, 0) is 15.3 Å². The first kappa shape index (κ1) is 12.4. The van der Waals surface area contributed by atoms with Gasteiger partial charge in [-0.3, -0.25) is 9.59 Å². The Labute approximate surface area is 108 Å². The molecule has 2 heterocycles. The van der Waals surface area contributed by atoms with E-state index in [2.05, 4.69) is 0 Å². The van der Waals surface area contributed by atoms with Gasteiger partial charge in [0.2, 0.25) is 5.91 Å². The first-order chi connectivity index (χ1) is 8.16. The fourth-order valence-corrected chi connectivity index (χ4v) is 3.33. The van der Waals surface area contributed by atoms with Crippen molar-refractivity contribution in [1.29, 1.82) is 0 Å². The molecule has 1 aliphatic heterocycles. The van der Waals surface area contributed by atoms with Crippen LogP contribution in [-0.4, -0.2) is 40.7 Å². The zero-order valence-electron chi connectivity index (χ0n) is 9.17. The van der Waals surface area contributed by atoms with Gasteiger partial charge < -0.3 is 10.0 Å². The maximum absolute atomic E-state index is 11.6. The van der Waals surface area contributed by atoms with E-state index in [0.29, 0.717) is 18.8 Å². The van der Waals surface area contributed by atoms with Gasteiger partial charge in [-0.2, -0.15) is 0 Å². The van der Waals surface area contributed by atoms with E-state index in [1.807, 2.05) is 17.5 Å². The normalized spacial score (nSPS) is 15.6. The average Bonchev–Trinajstić information content (AvgIpc) is 2.67. The van der Waals surface area contributed by atoms with Crippen LogP contribution in [0.1, 0.15) is 4.88 Å². The third-order valence-electron chi connectivity index (χ3n) is 2.63. The van der Waals surface area contributed by atoms with E-state index < -0.39 is 5.97 Å². The van der Waals surface area contributed by atoms with E-state index in [1.54, 1.807) is 28.0 Å². The molecular weight excluding hydrogens is 258 g/mol. The maximum Gasteiger partial charge on any atom is 0.310 e. The van der Waals surface area contributed by atoms with Gasteiger partial charge in [0.05, 0.1) is 11.7 Å². The molecule has 92 valence electrons. The maximum atomic E-state index is 11.6. The van der Waals surface area contributed by atoms with Gasteiger partial charge in [-0.05, 0) is 11.4 Å². The Morgan fingerprint density at radius 2 is 2.29 bits per heavy atom. The summed E-state index contributed by atoms with van der Waals surface area (Å²) in [4.78, 5) is 25.1. The zero-order chi connectivity index (χ0) is 12.3. The predicted molar refractivity (Wildman–Crippen MR) is 68.2 cm³/mol. The molecule has 1 aromatic heterocycles. The number of aliphatic carboxylic acids is 1. The molecule has 4 nitrogen and oxygen atoms in total. The van der Waals surface area contributed by atoms with Gasteiger partial charge in [0.25, 0.3) is 0 Å². The summed E-state index contributed by atoms with van der Waals surface area (Å²) in [5.41, 5.74) is 0. The van der Waals surface area contributed by atoms with Gasteiger partial charge in [-0.25, -0.2) is 0 Å². The Morgan fingerprint density at radius 3 is 2.88 bits per heavy atom. The highest BCUT2D eigenvalue weighted by molar-refractivity contribution is 7.99. The quantitative estimate of drug-likeness (QED) is 0.882. The summed E-state index contributed by atoms with van der Waals surface area (Å²) in [5, 5.41) is 10.7. The summed E-state index contributed by atoms with van der Waals surface area (Å²) in [5.74, 6) is 0.162. The molecule has 0 unspecified atom stereocenters. The van der Waals surface area contributed by atoms with Crippen LogP contribution in [0.4, 0.5) is 0 Å². The average molecular weight is 271 g/mol. The minimum atomic E-state index is -0.805. The third kappa shape index (κ3) is 3.23. The van der Waals surface area contributed by atoms with Gasteiger partial charge in [0.1, 0.15) is 0 Å². The topological polar surface area (TPSA) is 57.6 Å². The first-order valence-corrected chi connectivity index (χ1v) is 7.31. The highest BCUT2D eigenvalue weighted by Gasteiger charge is 2.35. The Hall–Kier alpha value is -1.01. The number of nitrogens with zero attached hydrogens (tertiary/aromatic N) is 1. The van der Waals surface area contributed by atoms with Gasteiger partial charge in [-0.1, -0.05) is 6.07 Å². The molecule has 1 saturated heterocycles. The van der Waals surface area contributed by atoms with Gasteiger partial charge >= 0.3 is 5.97 Å². The number of rotatable bonds is 5. The summed E-state index contributed by atoms with van der Waals surface area (Å²) in [6, 6.07) is 4.04. The van der Waals surface area contributed by atoms with Crippen LogP contribution in [0.3, 0.4) is 0 Å². The molecule has 0 spiro atoms. The summed E-state index contributed by atoms with van der Waals surface area (Å²) in [7, 11) is 0. The second kappa shape index (κ2) is 5.55. The predicted octanol–water partition coefficient (Wildman–Crippen LogP) is 1.52. The largest absolute Gasteiger partial charge is 0.481 e. The lowest BCUT2D eigenvalue weighted by molar-refractivity contribution is -0.151. The van der Waals surface area contributed by atoms with E-state index in [-0.39, 0.29) is 11.8 Å². The SMILES string of the molecule is O=C(O)C1CN(C(=O)CSCc2cccs2)C1. The van der Waals surface area contributed by atoms with E-state index >= 15 is 0 Å². The van der Waals surface area contributed by atoms with Crippen LogP contribution >= 0.6 is 23.1 Å². The van der Waals surface area contributed by atoms with Crippen molar-refractivity contribution >= 4 is 35.0 Å². The van der Waals surface area contributed by atoms with E-state index in [9.17, 15) is 9.59 Å². The molecule has 0 bridgehead atoms. The molecule has 1 aliphatic rings. The zero-order valence-corrected chi connectivity index (χ0v) is 10.8. The minimum Gasteiger partial charge on any atom is -0.481 e. The number of carbonyl (C=O) groups is 2. The van der Waals surface area contributed by atoms with Crippen molar-refractivity contribution < 1.29 is 14.7 Å². The highest BCUT2D eigenvalue weighted by Crippen LogP contribution is 2.20. The van der Waals surface area contributed by atoms with Crippen molar-refractivity contribution in [2.75, 3.05) is 18.8 Å². The summed E-state index contributed by atoms with van der Waals surface area (Å²) < 4.78 is 0. The molecule has 17 heavy (non-hydrogen) atoms. The van der Waals surface area contributed by atoms with Crippen molar-refractivity contribution in [3.63, 3.8) is 0 Å². The third-order valence-corrected chi connectivity index (χ3v) is 4.66. The van der Waals surface area contributed by atoms with Crippen molar-refractivity contribution in [1.82, 2.24) is 4.90 Å². The Morgan fingerprint density at radius 1 is 1.53 bits per heavy atom. The number of thioether (sulfide) groups is 1. The monoisotopic (exact) mass is 271 g/mol. The molecule has 1 amide bonds. The Kier molecular flexibility index (Phi) is 4.06. The van der Waals surface area contributed by atoms with E-state index in [1.165, 1.54) is 4.88 Å².